The molecule has 15 heavy (non-hydrogen) atoms. The van der Waals surface area contributed by atoms with Crippen molar-refractivity contribution >= 4 is 12.6 Å². The van der Waals surface area contributed by atoms with Gasteiger partial charge in [-0.15, -0.1) is 0 Å². The van der Waals surface area contributed by atoms with Crippen molar-refractivity contribution in [2.45, 2.75) is 51.2 Å². The molecule has 1 atom stereocenters. The largest absolute Gasteiger partial charge is 0.381 e. The summed E-state index contributed by atoms with van der Waals surface area (Å²) in [6.07, 6.45) is 6.15. The minimum atomic E-state index is 0.454. The van der Waals surface area contributed by atoms with Crippen molar-refractivity contribution in [1.82, 2.24) is 5.32 Å². The molecule has 0 saturated heterocycles. The maximum absolute atomic E-state index is 5.52. The summed E-state index contributed by atoms with van der Waals surface area (Å²) in [4.78, 5) is 0. The van der Waals surface area contributed by atoms with E-state index in [9.17, 15) is 0 Å². The Morgan fingerprint density at radius 1 is 1.13 bits per heavy atom. The van der Waals surface area contributed by atoms with E-state index in [4.69, 9.17) is 4.74 Å². The average Bonchev–Trinajstić information content (AvgIpc) is 2.20. The number of hydrogen-bond donors (Lipinski definition) is 2. The molecule has 0 saturated carbocycles. The molecule has 1 N–H and O–H groups in total. The Balaban J connectivity index is 2.87. The molecule has 0 bridgehead atoms. The Morgan fingerprint density at radius 2 is 1.80 bits per heavy atom. The fourth-order valence-corrected chi connectivity index (χ4v) is 1.45. The number of nitrogens with one attached hydrogen (secondary N) is 1. The van der Waals surface area contributed by atoms with Gasteiger partial charge in [0.1, 0.15) is 0 Å². The minimum absolute atomic E-state index is 0.454. The first kappa shape index (κ1) is 15.3. The molecular weight excluding hydrogens is 206 g/mol. The molecule has 0 aliphatic rings. The minimum Gasteiger partial charge on any atom is -0.381 e. The van der Waals surface area contributed by atoms with Crippen molar-refractivity contribution in [3.05, 3.63) is 0 Å². The molecule has 0 aliphatic heterocycles. The molecule has 0 spiro atoms. The lowest BCUT2D eigenvalue weighted by atomic mass is 10.3. The Morgan fingerprint density at radius 3 is 2.40 bits per heavy atom. The fraction of sp³-hybridized carbons (Fsp3) is 1.00. The standard InChI is InChI=1S/C12H27NOS/c1-3-4-6-9-14-10-7-5-8-13-11-12(2)15/h12-13,15H,3-11H2,1-2H3. The van der Waals surface area contributed by atoms with Gasteiger partial charge in [-0.2, -0.15) is 12.6 Å². The Bertz CT molecular complexity index is 120. The summed E-state index contributed by atoms with van der Waals surface area (Å²) in [6, 6.07) is 0. The van der Waals surface area contributed by atoms with Crippen LogP contribution in [0.15, 0.2) is 0 Å². The smallest absolute Gasteiger partial charge is 0.0466 e. The second kappa shape index (κ2) is 12.3. The normalized spacial score (nSPS) is 13.0. The molecule has 0 rings (SSSR count). The number of thiol groups is 1. The first-order valence-corrected chi connectivity index (χ1v) is 6.75. The quantitative estimate of drug-likeness (QED) is 0.423. The third kappa shape index (κ3) is 14.3. The van der Waals surface area contributed by atoms with Crippen molar-refractivity contribution in [1.29, 1.82) is 0 Å². The molecule has 0 aliphatic carbocycles. The van der Waals surface area contributed by atoms with Gasteiger partial charge in [-0.1, -0.05) is 26.7 Å². The van der Waals surface area contributed by atoms with Gasteiger partial charge in [0.15, 0.2) is 0 Å². The summed E-state index contributed by atoms with van der Waals surface area (Å²) in [5.74, 6) is 0. The van der Waals surface area contributed by atoms with Crippen LogP contribution in [-0.4, -0.2) is 31.6 Å². The highest BCUT2D eigenvalue weighted by atomic mass is 32.1. The van der Waals surface area contributed by atoms with Gasteiger partial charge in [0, 0.05) is 25.0 Å². The third-order valence-corrected chi connectivity index (χ3v) is 2.41. The lowest BCUT2D eigenvalue weighted by Gasteiger charge is -2.07. The highest BCUT2D eigenvalue weighted by molar-refractivity contribution is 7.80. The zero-order valence-corrected chi connectivity index (χ0v) is 11.2. The van der Waals surface area contributed by atoms with Crippen molar-refractivity contribution in [3.8, 4) is 0 Å². The first-order chi connectivity index (χ1) is 7.27. The van der Waals surface area contributed by atoms with Crippen molar-refractivity contribution < 1.29 is 4.74 Å². The van der Waals surface area contributed by atoms with Gasteiger partial charge in [-0.3, -0.25) is 0 Å². The number of hydrogen-bond acceptors (Lipinski definition) is 3. The molecule has 0 aromatic carbocycles. The van der Waals surface area contributed by atoms with Crippen LogP contribution >= 0.6 is 12.6 Å². The second-order valence-corrected chi connectivity index (χ2v) is 4.96. The van der Waals surface area contributed by atoms with Crippen LogP contribution in [0.1, 0.15) is 46.0 Å². The summed E-state index contributed by atoms with van der Waals surface area (Å²) in [5, 5.41) is 3.82. The van der Waals surface area contributed by atoms with Crippen LogP contribution in [0.25, 0.3) is 0 Å². The van der Waals surface area contributed by atoms with E-state index in [0.717, 1.165) is 26.3 Å². The van der Waals surface area contributed by atoms with Gasteiger partial charge in [-0.05, 0) is 25.8 Å². The van der Waals surface area contributed by atoms with Gasteiger partial charge in [-0.25, -0.2) is 0 Å². The van der Waals surface area contributed by atoms with E-state index < -0.39 is 0 Å². The number of rotatable bonds is 11. The molecule has 2 nitrogen and oxygen atoms in total. The van der Waals surface area contributed by atoms with Crippen LogP contribution in [0.4, 0.5) is 0 Å². The topological polar surface area (TPSA) is 21.3 Å². The lowest BCUT2D eigenvalue weighted by molar-refractivity contribution is 0.126. The average molecular weight is 233 g/mol. The highest BCUT2D eigenvalue weighted by Gasteiger charge is 1.93. The monoisotopic (exact) mass is 233 g/mol. The predicted molar refractivity (Wildman–Crippen MR) is 70.9 cm³/mol. The van der Waals surface area contributed by atoms with Crippen LogP contribution in [0.2, 0.25) is 0 Å². The van der Waals surface area contributed by atoms with E-state index in [0.29, 0.717) is 5.25 Å². The van der Waals surface area contributed by atoms with E-state index in [-0.39, 0.29) is 0 Å². The number of unbranched alkanes of at least 4 members (excludes halogenated alkanes) is 3. The fourth-order valence-electron chi connectivity index (χ4n) is 1.32. The van der Waals surface area contributed by atoms with E-state index in [1.165, 1.54) is 32.1 Å². The van der Waals surface area contributed by atoms with Gasteiger partial charge in [0.25, 0.3) is 0 Å². The molecule has 0 heterocycles. The summed E-state index contributed by atoms with van der Waals surface area (Å²) in [6.45, 7) is 8.27. The van der Waals surface area contributed by atoms with E-state index in [1.54, 1.807) is 0 Å². The van der Waals surface area contributed by atoms with E-state index >= 15 is 0 Å². The highest BCUT2D eigenvalue weighted by Crippen LogP contribution is 1.96. The van der Waals surface area contributed by atoms with E-state index in [1.807, 2.05) is 0 Å². The Kier molecular flexibility index (Phi) is 12.6. The summed E-state index contributed by atoms with van der Waals surface area (Å²) in [7, 11) is 0. The number of ether oxygens (including phenoxy) is 1. The zero-order chi connectivity index (χ0) is 11.4. The van der Waals surface area contributed by atoms with Crippen LogP contribution in [-0.2, 0) is 4.74 Å². The van der Waals surface area contributed by atoms with Crippen LogP contribution in [0, 0.1) is 0 Å². The molecular formula is C12H27NOS. The van der Waals surface area contributed by atoms with Crippen LogP contribution in [0.3, 0.4) is 0 Å². The van der Waals surface area contributed by atoms with Crippen molar-refractivity contribution in [2.75, 3.05) is 26.3 Å². The summed E-state index contributed by atoms with van der Waals surface area (Å²) >= 11 is 4.30. The van der Waals surface area contributed by atoms with Gasteiger partial charge < -0.3 is 10.1 Å². The molecule has 0 aromatic heterocycles. The predicted octanol–water partition coefficient (Wildman–Crippen LogP) is 2.88. The van der Waals surface area contributed by atoms with Gasteiger partial charge in [0.05, 0.1) is 0 Å². The molecule has 0 fully saturated rings. The van der Waals surface area contributed by atoms with Crippen LogP contribution < -0.4 is 5.32 Å². The van der Waals surface area contributed by atoms with E-state index in [2.05, 4.69) is 31.8 Å². The molecule has 0 aromatic rings. The molecule has 92 valence electrons. The summed E-state index contributed by atoms with van der Waals surface area (Å²) < 4.78 is 5.52. The van der Waals surface area contributed by atoms with Gasteiger partial charge in [0.2, 0.25) is 0 Å². The first-order valence-electron chi connectivity index (χ1n) is 6.24. The molecule has 0 amide bonds. The molecule has 0 radical (unpaired) electrons. The lowest BCUT2D eigenvalue weighted by Crippen LogP contribution is -2.22. The third-order valence-electron chi connectivity index (χ3n) is 2.22. The second-order valence-electron chi connectivity index (χ2n) is 4.08. The zero-order valence-electron chi connectivity index (χ0n) is 10.3. The van der Waals surface area contributed by atoms with Crippen LogP contribution in [0.5, 0.6) is 0 Å². The molecule has 3 heteroatoms. The van der Waals surface area contributed by atoms with Crippen molar-refractivity contribution in [2.24, 2.45) is 0 Å². The van der Waals surface area contributed by atoms with Crippen molar-refractivity contribution in [3.63, 3.8) is 0 Å². The maximum atomic E-state index is 5.52. The molecule has 1 unspecified atom stereocenters. The Labute approximate surface area is 101 Å². The SMILES string of the molecule is CCCCCOCCCCNCC(C)S. The summed E-state index contributed by atoms with van der Waals surface area (Å²) in [5.41, 5.74) is 0. The van der Waals surface area contributed by atoms with Gasteiger partial charge >= 0.3 is 0 Å². The maximum Gasteiger partial charge on any atom is 0.0466 e. The Hall–Kier alpha value is 0.270.